The molecule has 0 unspecified atom stereocenters. The number of hydrogen-bond donors (Lipinski definition) is 3. The number of nitrogens with two attached hydrogens (primary N) is 1. The lowest BCUT2D eigenvalue weighted by atomic mass is 9.85. The molecule has 1 heterocycles. The van der Waals surface area contributed by atoms with Gasteiger partial charge in [-0.3, -0.25) is 14.4 Å². The molecule has 33 heavy (non-hydrogen) atoms. The highest BCUT2D eigenvalue weighted by Crippen LogP contribution is 2.35. The maximum Gasteiger partial charge on any atom is 0.272 e. The number of primary amides is 1. The van der Waals surface area contributed by atoms with Gasteiger partial charge in [-0.1, -0.05) is 24.4 Å². The number of anilines is 1. The third kappa shape index (κ3) is 5.52. The molecule has 1 aromatic heterocycles. The minimum atomic E-state index is -0.703. The number of hydrogen-bond acceptors (Lipinski definition) is 4. The molecule has 0 radical (unpaired) electrons. The first-order valence-corrected chi connectivity index (χ1v) is 11.6. The minimum absolute atomic E-state index is 0.0455. The van der Waals surface area contributed by atoms with Crippen LogP contribution in [-0.2, 0) is 4.79 Å². The summed E-state index contributed by atoms with van der Waals surface area (Å²) in [4.78, 5) is 41.5. The molecule has 1 aromatic carbocycles. The Morgan fingerprint density at radius 2 is 1.88 bits per heavy atom. The van der Waals surface area contributed by atoms with Crippen LogP contribution in [0.2, 0.25) is 5.02 Å². The summed E-state index contributed by atoms with van der Waals surface area (Å²) in [5.74, 6) is -1.31. The van der Waals surface area contributed by atoms with Gasteiger partial charge in [0.05, 0.1) is 17.0 Å². The van der Waals surface area contributed by atoms with E-state index < -0.39 is 17.6 Å². The van der Waals surface area contributed by atoms with Gasteiger partial charge < -0.3 is 20.9 Å². The SMILES string of the molecule is NC(=O)c1c(C(=O)NCCC2CC2)ncn1C1CCC(C(=O)Nc2ccc(F)cc2Cl)CC1. The number of carbonyl (C=O) groups is 3. The highest BCUT2D eigenvalue weighted by atomic mass is 35.5. The molecule has 8 nitrogen and oxygen atoms in total. The van der Waals surface area contributed by atoms with E-state index in [4.69, 9.17) is 17.3 Å². The first-order chi connectivity index (χ1) is 15.8. The number of carbonyl (C=O) groups excluding carboxylic acids is 3. The van der Waals surface area contributed by atoms with Crippen molar-refractivity contribution in [2.75, 3.05) is 11.9 Å². The molecule has 0 bridgehead atoms. The molecule has 10 heteroatoms. The van der Waals surface area contributed by atoms with Crippen molar-refractivity contribution in [1.82, 2.24) is 14.9 Å². The summed E-state index contributed by atoms with van der Waals surface area (Å²) in [6.45, 7) is 0.548. The maximum atomic E-state index is 13.2. The second-order valence-corrected chi connectivity index (χ2v) is 9.23. The fourth-order valence-corrected chi connectivity index (χ4v) is 4.58. The Bertz CT molecular complexity index is 1060. The molecule has 2 aliphatic rings. The van der Waals surface area contributed by atoms with Crippen LogP contribution in [0.4, 0.5) is 10.1 Å². The smallest absolute Gasteiger partial charge is 0.272 e. The number of aromatic nitrogens is 2. The Kier molecular flexibility index (Phi) is 6.97. The van der Waals surface area contributed by atoms with Gasteiger partial charge in [0, 0.05) is 18.5 Å². The average molecular weight is 476 g/mol. The Labute approximate surface area is 196 Å². The quantitative estimate of drug-likeness (QED) is 0.539. The summed E-state index contributed by atoms with van der Waals surface area (Å²) < 4.78 is 14.9. The molecule has 0 spiro atoms. The van der Waals surface area contributed by atoms with E-state index in [0.717, 1.165) is 12.5 Å². The summed E-state index contributed by atoms with van der Waals surface area (Å²) in [6, 6.07) is 3.73. The van der Waals surface area contributed by atoms with E-state index in [1.54, 1.807) is 4.57 Å². The van der Waals surface area contributed by atoms with Gasteiger partial charge in [0.2, 0.25) is 5.91 Å². The topological polar surface area (TPSA) is 119 Å². The lowest BCUT2D eigenvalue weighted by molar-refractivity contribution is -0.121. The highest BCUT2D eigenvalue weighted by molar-refractivity contribution is 6.33. The van der Waals surface area contributed by atoms with Gasteiger partial charge in [0.1, 0.15) is 11.5 Å². The second kappa shape index (κ2) is 9.91. The zero-order valence-electron chi connectivity index (χ0n) is 18.2. The normalized spacial score (nSPS) is 20.3. The standard InChI is InChI=1S/C23H27ClFN5O3/c24-17-11-15(25)5-8-18(17)29-22(32)14-3-6-16(7-4-14)30-12-28-19(20(30)21(26)31)23(33)27-10-9-13-1-2-13/h5,8,11-14,16H,1-4,6-7,9-10H2,(H2,26,31)(H,27,33)(H,29,32). The lowest BCUT2D eigenvalue weighted by Gasteiger charge is -2.29. The largest absolute Gasteiger partial charge is 0.364 e. The van der Waals surface area contributed by atoms with Crippen molar-refractivity contribution in [2.24, 2.45) is 17.6 Å². The van der Waals surface area contributed by atoms with Gasteiger partial charge in [0.25, 0.3) is 11.8 Å². The maximum absolute atomic E-state index is 13.2. The third-order valence-electron chi connectivity index (χ3n) is 6.43. The van der Waals surface area contributed by atoms with Gasteiger partial charge in [-0.2, -0.15) is 0 Å². The third-order valence-corrected chi connectivity index (χ3v) is 6.74. The van der Waals surface area contributed by atoms with Crippen molar-refractivity contribution < 1.29 is 18.8 Å². The Hall–Kier alpha value is -2.94. The molecule has 3 amide bonds. The molecule has 0 aliphatic heterocycles. The van der Waals surface area contributed by atoms with Crippen LogP contribution >= 0.6 is 11.6 Å². The van der Waals surface area contributed by atoms with Crippen molar-refractivity contribution >= 4 is 35.0 Å². The molecule has 2 aromatic rings. The first kappa shape index (κ1) is 23.2. The van der Waals surface area contributed by atoms with Crippen LogP contribution in [0.15, 0.2) is 24.5 Å². The van der Waals surface area contributed by atoms with Crippen LogP contribution in [0.25, 0.3) is 0 Å². The Morgan fingerprint density at radius 3 is 2.52 bits per heavy atom. The molecule has 0 atom stereocenters. The van der Waals surface area contributed by atoms with E-state index in [-0.39, 0.29) is 34.3 Å². The average Bonchev–Trinajstić information content (AvgIpc) is 3.50. The molecule has 2 saturated carbocycles. The van der Waals surface area contributed by atoms with Crippen LogP contribution in [-0.4, -0.2) is 33.8 Å². The monoisotopic (exact) mass is 475 g/mol. The summed E-state index contributed by atoms with van der Waals surface area (Å²) in [5.41, 5.74) is 6.11. The number of halogens is 2. The van der Waals surface area contributed by atoms with Crippen LogP contribution in [0.3, 0.4) is 0 Å². The molecular weight excluding hydrogens is 449 g/mol. The van der Waals surface area contributed by atoms with Crippen molar-refractivity contribution in [3.05, 3.63) is 46.8 Å². The fourth-order valence-electron chi connectivity index (χ4n) is 4.37. The van der Waals surface area contributed by atoms with E-state index in [9.17, 15) is 18.8 Å². The molecule has 2 aliphatic carbocycles. The van der Waals surface area contributed by atoms with E-state index in [2.05, 4.69) is 15.6 Å². The van der Waals surface area contributed by atoms with Crippen molar-refractivity contribution in [2.45, 2.75) is 51.0 Å². The minimum Gasteiger partial charge on any atom is -0.364 e. The van der Waals surface area contributed by atoms with Crippen molar-refractivity contribution in [1.29, 1.82) is 0 Å². The van der Waals surface area contributed by atoms with Gasteiger partial charge in [0.15, 0.2) is 5.69 Å². The molecule has 4 N–H and O–H groups in total. The van der Waals surface area contributed by atoms with Gasteiger partial charge in [-0.05, 0) is 56.2 Å². The van der Waals surface area contributed by atoms with Crippen molar-refractivity contribution in [3.63, 3.8) is 0 Å². The molecule has 2 fully saturated rings. The van der Waals surface area contributed by atoms with Gasteiger partial charge in [-0.25, -0.2) is 9.37 Å². The molecular formula is C23H27ClFN5O3. The number of benzene rings is 1. The number of nitrogens with one attached hydrogen (secondary N) is 2. The predicted octanol–water partition coefficient (Wildman–Crippen LogP) is 3.67. The van der Waals surface area contributed by atoms with E-state index >= 15 is 0 Å². The van der Waals surface area contributed by atoms with Crippen LogP contribution < -0.4 is 16.4 Å². The van der Waals surface area contributed by atoms with Crippen molar-refractivity contribution in [3.8, 4) is 0 Å². The van der Waals surface area contributed by atoms with E-state index in [1.165, 1.54) is 31.3 Å². The zero-order chi connectivity index (χ0) is 23.5. The number of imidazole rings is 1. The number of rotatable bonds is 8. The van der Waals surface area contributed by atoms with Crippen LogP contribution in [0.5, 0.6) is 0 Å². The number of nitrogens with zero attached hydrogens (tertiary/aromatic N) is 2. The predicted molar refractivity (Wildman–Crippen MR) is 121 cm³/mol. The Balaban J connectivity index is 1.37. The van der Waals surface area contributed by atoms with Crippen LogP contribution in [0.1, 0.15) is 72.0 Å². The molecule has 0 saturated heterocycles. The van der Waals surface area contributed by atoms with Gasteiger partial charge in [-0.15, -0.1) is 0 Å². The Morgan fingerprint density at radius 1 is 1.15 bits per heavy atom. The zero-order valence-corrected chi connectivity index (χ0v) is 18.9. The summed E-state index contributed by atoms with van der Waals surface area (Å²) in [7, 11) is 0. The molecule has 4 rings (SSSR count). The lowest BCUT2D eigenvalue weighted by Crippen LogP contribution is -2.31. The molecule has 176 valence electrons. The van der Waals surface area contributed by atoms with E-state index in [0.29, 0.717) is 43.8 Å². The highest BCUT2D eigenvalue weighted by Gasteiger charge is 2.31. The fraction of sp³-hybridized carbons (Fsp3) is 0.478. The number of amides is 3. The first-order valence-electron chi connectivity index (χ1n) is 11.2. The summed E-state index contributed by atoms with van der Waals surface area (Å²) in [5, 5.41) is 5.73. The summed E-state index contributed by atoms with van der Waals surface area (Å²) in [6.07, 6.45) is 7.21. The van der Waals surface area contributed by atoms with Crippen LogP contribution in [0, 0.1) is 17.7 Å². The second-order valence-electron chi connectivity index (χ2n) is 8.82. The van der Waals surface area contributed by atoms with E-state index in [1.807, 2.05) is 0 Å². The van der Waals surface area contributed by atoms with Gasteiger partial charge >= 0.3 is 0 Å². The summed E-state index contributed by atoms with van der Waals surface area (Å²) >= 11 is 6.00.